The van der Waals surface area contributed by atoms with E-state index in [1.165, 1.54) is 0 Å². The Morgan fingerprint density at radius 1 is 1.28 bits per heavy atom. The summed E-state index contributed by atoms with van der Waals surface area (Å²) in [7, 11) is 0. The lowest BCUT2D eigenvalue weighted by Crippen LogP contribution is -2.22. The summed E-state index contributed by atoms with van der Waals surface area (Å²) in [4.78, 5) is 0. The molecular formula is C12H16ClN5. The first-order chi connectivity index (χ1) is 8.56. The average Bonchev–Trinajstić information content (AvgIpc) is 2.37. The van der Waals surface area contributed by atoms with Gasteiger partial charge in [-0.05, 0) is 12.5 Å². The lowest BCUT2D eigenvalue weighted by molar-refractivity contribution is 1.20. The van der Waals surface area contributed by atoms with Gasteiger partial charge in [0.05, 0.1) is 5.02 Å². The van der Waals surface area contributed by atoms with Crippen molar-refractivity contribution in [2.24, 2.45) is 21.7 Å². The minimum Gasteiger partial charge on any atom is -0.369 e. The summed E-state index contributed by atoms with van der Waals surface area (Å²) in [6, 6.07) is 7.18. The molecule has 18 heavy (non-hydrogen) atoms. The third kappa shape index (κ3) is 4.44. The molecule has 0 aliphatic carbocycles. The zero-order valence-electron chi connectivity index (χ0n) is 10.6. The first kappa shape index (κ1) is 15.9. The van der Waals surface area contributed by atoms with E-state index in [1.54, 1.807) is 12.1 Å². The number of nitrogens with two attached hydrogens (primary N) is 2. The van der Waals surface area contributed by atoms with E-state index >= 15 is 0 Å². The Hall–Kier alpha value is -2.06. The molecule has 5 nitrogen and oxygen atoms in total. The first-order valence-electron chi connectivity index (χ1n) is 5.38. The first-order valence-corrected chi connectivity index (χ1v) is 5.76. The lowest BCUT2D eigenvalue weighted by atomic mass is 10.1. The Bertz CT molecular complexity index is 496. The molecule has 0 aliphatic rings. The van der Waals surface area contributed by atoms with Crippen molar-refractivity contribution in [3.63, 3.8) is 0 Å². The Balaban J connectivity index is 0.00000137. The van der Waals surface area contributed by atoms with Crippen LogP contribution in [0.15, 0.2) is 28.4 Å². The largest absolute Gasteiger partial charge is 0.369 e. The summed E-state index contributed by atoms with van der Waals surface area (Å²) in [6.45, 7) is 5.83. The molecule has 0 fully saturated rings. The van der Waals surface area contributed by atoms with Crippen molar-refractivity contribution in [2.75, 3.05) is 0 Å². The summed E-state index contributed by atoms with van der Waals surface area (Å²) < 4.78 is 0. The third-order valence-corrected chi connectivity index (χ3v) is 2.32. The second-order valence-electron chi connectivity index (χ2n) is 3.02. The van der Waals surface area contributed by atoms with Crippen LogP contribution in [0.5, 0.6) is 0 Å². The van der Waals surface area contributed by atoms with Gasteiger partial charge < -0.3 is 11.5 Å². The maximum Gasteiger partial charge on any atom is 0.211 e. The standard InChI is InChI=1S/C10H10ClN5.C2H6/c1-6-3-2-4-7(9(6)11)8(5-12)15-16-10(13)14;1-2/h2-4H,1H3,(H4,13,14,16);1-2H3/b15-8+;. The highest BCUT2D eigenvalue weighted by Crippen LogP contribution is 2.20. The van der Waals surface area contributed by atoms with Gasteiger partial charge in [-0.2, -0.15) is 5.26 Å². The van der Waals surface area contributed by atoms with E-state index in [2.05, 4.69) is 10.2 Å². The van der Waals surface area contributed by atoms with Crippen molar-refractivity contribution in [2.45, 2.75) is 20.8 Å². The van der Waals surface area contributed by atoms with Crippen LogP contribution >= 0.6 is 11.6 Å². The van der Waals surface area contributed by atoms with E-state index in [4.69, 9.17) is 28.3 Å². The molecule has 1 aromatic carbocycles. The van der Waals surface area contributed by atoms with Crippen molar-refractivity contribution >= 4 is 23.3 Å². The number of nitrogens with zero attached hydrogens (tertiary/aromatic N) is 3. The van der Waals surface area contributed by atoms with E-state index in [-0.39, 0.29) is 11.7 Å². The maximum atomic E-state index is 8.92. The molecular weight excluding hydrogens is 250 g/mol. The topological polar surface area (TPSA) is 101 Å². The highest BCUT2D eigenvalue weighted by Gasteiger charge is 2.09. The van der Waals surface area contributed by atoms with Crippen LogP contribution in [0.3, 0.4) is 0 Å². The van der Waals surface area contributed by atoms with Crippen molar-refractivity contribution in [1.29, 1.82) is 5.26 Å². The summed E-state index contributed by atoms with van der Waals surface area (Å²) in [5.41, 5.74) is 11.7. The van der Waals surface area contributed by atoms with Gasteiger partial charge in [0.15, 0.2) is 5.71 Å². The minimum atomic E-state index is -0.212. The molecule has 0 saturated carbocycles. The predicted molar refractivity (Wildman–Crippen MR) is 75.5 cm³/mol. The zero-order valence-corrected chi connectivity index (χ0v) is 11.4. The third-order valence-electron chi connectivity index (χ3n) is 1.82. The highest BCUT2D eigenvalue weighted by atomic mass is 35.5. The van der Waals surface area contributed by atoms with E-state index in [1.807, 2.05) is 32.9 Å². The number of hydrogen-bond acceptors (Lipinski definition) is 3. The van der Waals surface area contributed by atoms with Gasteiger partial charge in [0.2, 0.25) is 5.96 Å². The maximum absolute atomic E-state index is 8.92. The van der Waals surface area contributed by atoms with Crippen molar-refractivity contribution in [1.82, 2.24) is 0 Å². The van der Waals surface area contributed by atoms with Gasteiger partial charge in [0, 0.05) is 5.56 Å². The summed E-state index contributed by atoms with van der Waals surface area (Å²) in [5, 5.41) is 16.4. The summed E-state index contributed by atoms with van der Waals surface area (Å²) >= 11 is 6.04. The predicted octanol–water partition coefficient (Wildman–Crippen LogP) is 2.18. The molecule has 0 spiro atoms. The number of guanidine groups is 1. The van der Waals surface area contributed by atoms with E-state index in [0.717, 1.165) is 5.56 Å². The van der Waals surface area contributed by atoms with Crippen LogP contribution in [0.25, 0.3) is 0 Å². The molecule has 4 N–H and O–H groups in total. The van der Waals surface area contributed by atoms with Gasteiger partial charge in [-0.15, -0.1) is 10.2 Å². The molecule has 1 aromatic rings. The van der Waals surface area contributed by atoms with Gasteiger partial charge in [0.1, 0.15) is 6.07 Å². The number of benzene rings is 1. The van der Waals surface area contributed by atoms with Gasteiger partial charge in [-0.25, -0.2) is 0 Å². The molecule has 0 amide bonds. The monoisotopic (exact) mass is 265 g/mol. The van der Waals surface area contributed by atoms with Gasteiger partial charge in [0.25, 0.3) is 0 Å². The highest BCUT2D eigenvalue weighted by molar-refractivity contribution is 6.36. The van der Waals surface area contributed by atoms with Crippen LogP contribution in [0.4, 0.5) is 0 Å². The van der Waals surface area contributed by atoms with E-state index in [9.17, 15) is 0 Å². The number of halogens is 1. The van der Waals surface area contributed by atoms with Crippen LogP contribution in [0, 0.1) is 18.3 Å². The van der Waals surface area contributed by atoms with Crippen LogP contribution in [-0.4, -0.2) is 11.7 Å². The molecule has 96 valence electrons. The second kappa shape index (κ2) is 8.09. The van der Waals surface area contributed by atoms with Crippen LogP contribution < -0.4 is 11.5 Å². The molecule has 0 heterocycles. The normalized spacial score (nSPS) is 9.83. The molecule has 1 rings (SSSR count). The molecule has 0 atom stereocenters. The smallest absolute Gasteiger partial charge is 0.211 e. The Kier molecular flexibility index (Phi) is 7.17. The molecule has 0 aliphatic heterocycles. The van der Waals surface area contributed by atoms with Gasteiger partial charge >= 0.3 is 0 Å². The minimum absolute atomic E-state index is 0.0714. The molecule has 0 aromatic heterocycles. The molecule has 0 radical (unpaired) electrons. The number of nitriles is 1. The van der Waals surface area contributed by atoms with Crippen LogP contribution in [0.2, 0.25) is 5.02 Å². The second-order valence-corrected chi connectivity index (χ2v) is 3.40. The summed E-state index contributed by atoms with van der Waals surface area (Å²) in [6.07, 6.45) is 0. The average molecular weight is 266 g/mol. The Morgan fingerprint density at radius 3 is 2.39 bits per heavy atom. The zero-order chi connectivity index (χ0) is 14.1. The number of hydrogen-bond donors (Lipinski definition) is 2. The fourth-order valence-electron chi connectivity index (χ4n) is 1.07. The Labute approximate surface area is 112 Å². The van der Waals surface area contributed by atoms with Crippen LogP contribution in [-0.2, 0) is 0 Å². The quantitative estimate of drug-likeness (QED) is 0.487. The summed E-state index contributed by atoms with van der Waals surface area (Å²) in [5.74, 6) is -0.212. The van der Waals surface area contributed by atoms with Crippen molar-refractivity contribution < 1.29 is 0 Å². The SMILES string of the molecule is CC.Cc1cccc(/C(C#N)=N/N=C(N)N)c1Cl. The number of aryl methyl sites for hydroxylation is 1. The number of rotatable bonds is 2. The van der Waals surface area contributed by atoms with E-state index in [0.29, 0.717) is 10.6 Å². The molecule has 0 unspecified atom stereocenters. The Morgan fingerprint density at radius 2 is 1.89 bits per heavy atom. The van der Waals surface area contributed by atoms with E-state index < -0.39 is 0 Å². The van der Waals surface area contributed by atoms with Crippen LogP contribution in [0.1, 0.15) is 25.0 Å². The molecule has 0 saturated heterocycles. The van der Waals surface area contributed by atoms with Gasteiger partial charge in [-0.3, -0.25) is 0 Å². The fraction of sp³-hybridized carbons (Fsp3) is 0.250. The van der Waals surface area contributed by atoms with Crippen molar-refractivity contribution in [3.05, 3.63) is 34.3 Å². The fourth-order valence-corrected chi connectivity index (χ4v) is 1.29. The lowest BCUT2D eigenvalue weighted by Gasteiger charge is -2.02. The molecule has 0 bridgehead atoms. The van der Waals surface area contributed by atoms with Gasteiger partial charge in [-0.1, -0.05) is 43.6 Å². The molecule has 6 heteroatoms. The van der Waals surface area contributed by atoms with Crippen molar-refractivity contribution in [3.8, 4) is 6.07 Å².